The number of hydrogen-bond acceptors (Lipinski definition) is 5. The Kier molecular flexibility index (Phi) is 3.56. The van der Waals surface area contributed by atoms with Crippen molar-refractivity contribution in [2.45, 2.75) is 25.0 Å². The van der Waals surface area contributed by atoms with E-state index in [2.05, 4.69) is 25.3 Å². The van der Waals surface area contributed by atoms with E-state index in [1.807, 2.05) is 28.9 Å². The molecule has 4 rings (SSSR count). The molecule has 0 unspecified atom stereocenters. The van der Waals surface area contributed by atoms with Gasteiger partial charge in [0.1, 0.15) is 16.9 Å². The first-order chi connectivity index (χ1) is 11.1. The minimum atomic E-state index is -0.951. The zero-order chi connectivity index (χ0) is 15.9. The maximum Gasteiger partial charge on any atom is 0.137 e. The number of hydrogen-bond donors (Lipinski definition) is 2. The predicted molar refractivity (Wildman–Crippen MR) is 85.0 cm³/mol. The molecule has 0 spiro atoms. The monoisotopic (exact) mass is 332 g/mol. The number of nitrogens with one attached hydrogen (secondary N) is 1. The summed E-state index contributed by atoms with van der Waals surface area (Å²) < 4.78 is 1.92. The summed E-state index contributed by atoms with van der Waals surface area (Å²) in [5.41, 5.74) is 1.47. The van der Waals surface area contributed by atoms with Crippen LogP contribution in [0.3, 0.4) is 0 Å². The molecule has 1 saturated heterocycles. The Balaban J connectivity index is 1.53. The van der Waals surface area contributed by atoms with E-state index in [0.29, 0.717) is 30.2 Å². The molecule has 23 heavy (non-hydrogen) atoms. The molecule has 1 aliphatic heterocycles. The maximum absolute atomic E-state index is 10.8. The standard InChI is InChI=1S/C15H17ClN6O/c16-11-2-3-14-18-12(9-22(14)7-11)8-21-5-1-4-15(23,10-21)13-6-17-20-19-13/h2-3,6-7,9,23H,1,4-5,8,10H2,(H,17,19,20)/t15-/m0/s1. The SMILES string of the molecule is O[C@@]1(c2cn[nH]n2)CCCN(Cc2cn3cc(Cl)ccc3n2)C1. The highest BCUT2D eigenvalue weighted by Crippen LogP contribution is 2.30. The topological polar surface area (TPSA) is 82.3 Å². The number of rotatable bonds is 3. The molecule has 8 heteroatoms. The Morgan fingerprint density at radius 2 is 2.26 bits per heavy atom. The van der Waals surface area contributed by atoms with Gasteiger partial charge >= 0.3 is 0 Å². The van der Waals surface area contributed by atoms with Gasteiger partial charge in [-0.25, -0.2) is 4.98 Å². The van der Waals surface area contributed by atoms with Crippen molar-refractivity contribution in [3.8, 4) is 0 Å². The summed E-state index contributed by atoms with van der Waals surface area (Å²) in [7, 11) is 0. The van der Waals surface area contributed by atoms with Crippen molar-refractivity contribution in [3.05, 3.63) is 47.1 Å². The van der Waals surface area contributed by atoms with Gasteiger partial charge in [-0.05, 0) is 31.5 Å². The van der Waals surface area contributed by atoms with E-state index < -0.39 is 5.60 Å². The van der Waals surface area contributed by atoms with Crippen molar-refractivity contribution in [2.24, 2.45) is 0 Å². The number of halogens is 1. The fraction of sp³-hybridized carbons (Fsp3) is 0.400. The van der Waals surface area contributed by atoms with Crippen LogP contribution in [-0.2, 0) is 12.1 Å². The second kappa shape index (κ2) is 5.59. The molecule has 0 saturated carbocycles. The summed E-state index contributed by atoms with van der Waals surface area (Å²) in [5, 5.41) is 22.0. The first-order valence-corrected chi connectivity index (χ1v) is 7.94. The van der Waals surface area contributed by atoms with E-state index in [1.54, 1.807) is 6.20 Å². The normalized spacial score (nSPS) is 22.7. The maximum atomic E-state index is 10.8. The van der Waals surface area contributed by atoms with Crippen LogP contribution in [0.4, 0.5) is 0 Å². The van der Waals surface area contributed by atoms with Gasteiger partial charge < -0.3 is 9.51 Å². The van der Waals surface area contributed by atoms with Gasteiger partial charge in [0.05, 0.1) is 16.9 Å². The van der Waals surface area contributed by atoms with E-state index in [9.17, 15) is 5.11 Å². The van der Waals surface area contributed by atoms with Crippen LogP contribution in [0.1, 0.15) is 24.2 Å². The van der Waals surface area contributed by atoms with Crippen molar-refractivity contribution in [2.75, 3.05) is 13.1 Å². The number of aromatic amines is 1. The van der Waals surface area contributed by atoms with Crippen LogP contribution in [0, 0.1) is 0 Å². The van der Waals surface area contributed by atoms with Gasteiger partial charge in [0, 0.05) is 25.5 Å². The molecule has 0 bridgehead atoms. The molecular formula is C15H17ClN6O. The zero-order valence-corrected chi connectivity index (χ0v) is 13.2. The van der Waals surface area contributed by atoms with Gasteiger partial charge in [-0.3, -0.25) is 4.90 Å². The molecule has 1 aliphatic rings. The Labute approximate surface area is 137 Å². The molecule has 0 amide bonds. The lowest BCUT2D eigenvalue weighted by molar-refractivity contribution is -0.0416. The summed E-state index contributed by atoms with van der Waals surface area (Å²) in [5.74, 6) is 0. The Hall–Kier alpha value is -1.96. The third kappa shape index (κ3) is 2.83. The van der Waals surface area contributed by atoms with Crippen molar-refractivity contribution < 1.29 is 5.11 Å². The summed E-state index contributed by atoms with van der Waals surface area (Å²) >= 11 is 6.01. The number of fused-ring (bicyclic) bond motifs is 1. The van der Waals surface area contributed by atoms with Crippen molar-refractivity contribution >= 4 is 17.2 Å². The largest absolute Gasteiger partial charge is 0.382 e. The molecule has 1 atom stereocenters. The van der Waals surface area contributed by atoms with E-state index in [1.165, 1.54) is 0 Å². The quantitative estimate of drug-likeness (QED) is 0.761. The van der Waals surface area contributed by atoms with Gasteiger partial charge in [-0.1, -0.05) is 11.6 Å². The van der Waals surface area contributed by atoms with Gasteiger partial charge in [-0.2, -0.15) is 15.4 Å². The number of β-amino-alcohol motifs (C(OH)–C–C–N with tert-alkyl or cyclic N) is 1. The van der Waals surface area contributed by atoms with E-state index in [-0.39, 0.29) is 0 Å². The van der Waals surface area contributed by atoms with E-state index in [0.717, 1.165) is 24.3 Å². The lowest BCUT2D eigenvalue weighted by Gasteiger charge is -2.37. The fourth-order valence-electron chi connectivity index (χ4n) is 3.22. The molecule has 4 heterocycles. The molecule has 1 fully saturated rings. The zero-order valence-electron chi connectivity index (χ0n) is 12.5. The molecule has 0 radical (unpaired) electrons. The van der Waals surface area contributed by atoms with Crippen molar-refractivity contribution in [1.82, 2.24) is 29.7 Å². The Bertz CT molecular complexity index is 817. The van der Waals surface area contributed by atoms with E-state index >= 15 is 0 Å². The minimum absolute atomic E-state index is 0.522. The third-order valence-electron chi connectivity index (χ3n) is 4.29. The Morgan fingerprint density at radius 1 is 1.35 bits per heavy atom. The number of imidazole rings is 1. The van der Waals surface area contributed by atoms with Crippen molar-refractivity contribution in [3.63, 3.8) is 0 Å². The number of H-pyrrole nitrogens is 1. The molecule has 120 valence electrons. The van der Waals surface area contributed by atoms with Crippen molar-refractivity contribution in [1.29, 1.82) is 0 Å². The first kappa shape index (κ1) is 14.6. The van der Waals surface area contributed by atoms with Crippen LogP contribution < -0.4 is 0 Å². The predicted octanol–water partition coefficient (Wildman–Crippen LogP) is 1.59. The van der Waals surface area contributed by atoms with Crippen LogP contribution in [0.2, 0.25) is 5.02 Å². The van der Waals surface area contributed by atoms with Gasteiger partial charge in [0.2, 0.25) is 0 Å². The molecule has 3 aromatic heterocycles. The highest BCUT2D eigenvalue weighted by atomic mass is 35.5. The van der Waals surface area contributed by atoms with Gasteiger partial charge in [0.25, 0.3) is 0 Å². The summed E-state index contributed by atoms with van der Waals surface area (Å²) in [6.07, 6.45) is 7.01. The summed E-state index contributed by atoms with van der Waals surface area (Å²) in [6.45, 7) is 2.13. The number of aliphatic hydroxyl groups is 1. The van der Waals surface area contributed by atoms with Crippen LogP contribution in [0.25, 0.3) is 5.65 Å². The average Bonchev–Trinajstić information content (AvgIpc) is 3.16. The minimum Gasteiger partial charge on any atom is -0.382 e. The highest BCUT2D eigenvalue weighted by molar-refractivity contribution is 6.30. The summed E-state index contributed by atoms with van der Waals surface area (Å²) in [4.78, 5) is 6.80. The second-order valence-electron chi connectivity index (χ2n) is 6.05. The molecule has 2 N–H and O–H groups in total. The fourth-order valence-corrected chi connectivity index (χ4v) is 3.38. The Morgan fingerprint density at radius 3 is 3.09 bits per heavy atom. The number of nitrogens with zero attached hydrogens (tertiary/aromatic N) is 5. The lowest BCUT2D eigenvalue weighted by atomic mass is 9.90. The third-order valence-corrected chi connectivity index (χ3v) is 4.52. The highest BCUT2D eigenvalue weighted by Gasteiger charge is 2.37. The molecule has 0 aliphatic carbocycles. The van der Waals surface area contributed by atoms with Gasteiger partial charge in [-0.15, -0.1) is 0 Å². The van der Waals surface area contributed by atoms with E-state index in [4.69, 9.17) is 11.6 Å². The lowest BCUT2D eigenvalue weighted by Crippen LogP contribution is -2.46. The van der Waals surface area contributed by atoms with Crippen LogP contribution in [-0.4, -0.2) is 47.9 Å². The summed E-state index contributed by atoms with van der Waals surface area (Å²) in [6, 6.07) is 3.73. The average molecular weight is 333 g/mol. The second-order valence-corrected chi connectivity index (χ2v) is 6.48. The first-order valence-electron chi connectivity index (χ1n) is 7.56. The van der Waals surface area contributed by atoms with Crippen LogP contribution in [0.5, 0.6) is 0 Å². The molecular weight excluding hydrogens is 316 g/mol. The van der Waals surface area contributed by atoms with Crippen LogP contribution in [0.15, 0.2) is 30.7 Å². The van der Waals surface area contributed by atoms with Gasteiger partial charge in [0.15, 0.2) is 0 Å². The number of piperidine rings is 1. The number of likely N-dealkylation sites (tertiary alicyclic amines) is 1. The molecule has 3 aromatic rings. The van der Waals surface area contributed by atoms with Crippen LogP contribution >= 0.6 is 11.6 Å². The molecule has 0 aromatic carbocycles. The number of aromatic nitrogens is 5. The molecule has 7 nitrogen and oxygen atoms in total. The number of pyridine rings is 1. The smallest absolute Gasteiger partial charge is 0.137 e.